The molecule has 0 aromatic heterocycles. The average Bonchev–Trinajstić information content (AvgIpc) is 3.21. The van der Waals surface area contributed by atoms with Gasteiger partial charge in [-0.25, -0.2) is 14.4 Å². The number of aliphatic hydroxyl groups excluding tert-OH is 3. The summed E-state index contributed by atoms with van der Waals surface area (Å²) < 4.78 is 16.3. The molecule has 256 valence electrons. The normalized spacial score (nSPS) is 31.1. The number of rotatable bonds is 17. The molecule has 7 N–H and O–H groups in total. The monoisotopic (exact) mass is 652 g/mol. The van der Waals surface area contributed by atoms with E-state index in [0.717, 1.165) is 12.0 Å². The van der Waals surface area contributed by atoms with Gasteiger partial charge in [-0.3, -0.25) is 4.79 Å². The minimum atomic E-state index is -3.90. The summed E-state index contributed by atoms with van der Waals surface area (Å²) in [6.45, 7) is 5.30. The molecule has 1 aromatic carbocycles. The Bertz CT molecular complexity index is 1280. The van der Waals surface area contributed by atoms with Gasteiger partial charge in [0.1, 0.15) is 6.10 Å². The van der Waals surface area contributed by atoms with Crippen LogP contribution in [-0.4, -0.2) is 108 Å². The van der Waals surface area contributed by atoms with Crippen LogP contribution in [0, 0.1) is 11.8 Å². The van der Waals surface area contributed by atoms with Crippen LogP contribution < -0.4 is 0 Å². The number of carbonyl (C=O) groups is 4. The molecule has 0 spiro atoms. The molecule has 2 fully saturated rings. The second-order valence-corrected chi connectivity index (χ2v) is 12.3. The summed E-state index contributed by atoms with van der Waals surface area (Å²) in [6, 6.07) is 9.47. The van der Waals surface area contributed by atoms with Crippen molar-refractivity contribution < 1.29 is 69.1 Å². The van der Waals surface area contributed by atoms with Gasteiger partial charge in [0.15, 0.2) is 6.10 Å². The van der Waals surface area contributed by atoms with Crippen molar-refractivity contribution in [2.24, 2.45) is 11.8 Å². The Kier molecular flexibility index (Phi) is 12.1. The molecular formula is C32H44O14. The van der Waals surface area contributed by atoms with Crippen LogP contribution in [0.4, 0.5) is 0 Å². The van der Waals surface area contributed by atoms with Crippen LogP contribution in [0.2, 0.25) is 0 Å². The van der Waals surface area contributed by atoms with Crippen molar-refractivity contribution in [2.75, 3.05) is 6.61 Å². The van der Waals surface area contributed by atoms with Gasteiger partial charge in [-0.15, -0.1) is 0 Å². The molecule has 2 heterocycles. The minimum Gasteiger partial charge on any atom is -0.479 e. The first-order chi connectivity index (χ1) is 21.6. The number of ether oxygens (including phenoxy) is 3. The number of hydrogen-bond donors (Lipinski definition) is 7. The molecule has 14 heteroatoms. The number of carboxylic acid groups (broad SMARTS) is 3. The molecule has 2 aliphatic rings. The summed E-state index contributed by atoms with van der Waals surface area (Å²) in [5.74, 6) is -10.4. The molecule has 0 radical (unpaired) electrons. The van der Waals surface area contributed by atoms with Gasteiger partial charge < -0.3 is 50.0 Å². The summed E-state index contributed by atoms with van der Waals surface area (Å²) >= 11 is 0. The average molecular weight is 653 g/mol. The van der Waals surface area contributed by atoms with E-state index < -0.39 is 84.7 Å². The van der Waals surface area contributed by atoms with Gasteiger partial charge in [-0.1, -0.05) is 63.6 Å². The Morgan fingerprint density at radius 1 is 1.04 bits per heavy atom. The van der Waals surface area contributed by atoms with Crippen molar-refractivity contribution >= 4 is 23.9 Å². The Labute approximate surface area is 266 Å². The topological polar surface area (TPSA) is 238 Å². The number of hydrogen-bond acceptors (Lipinski definition) is 11. The highest BCUT2D eigenvalue weighted by Crippen LogP contribution is 2.55. The second-order valence-electron chi connectivity index (χ2n) is 12.3. The Hall–Kier alpha value is -3.40. The van der Waals surface area contributed by atoms with Gasteiger partial charge in [0.25, 0.3) is 0 Å². The number of carboxylic acids is 3. The van der Waals surface area contributed by atoms with E-state index >= 15 is 0 Å². The first-order valence-corrected chi connectivity index (χ1v) is 15.3. The van der Waals surface area contributed by atoms with Crippen molar-refractivity contribution in [1.29, 1.82) is 0 Å². The Morgan fingerprint density at radius 2 is 1.70 bits per heavy atom. The third kappa shape index (κ3) is 7.27. The maximum Gasteiger partial charge on any atom is 0.344 e. The van der Waals surface area contributed by atoms with Crippen molar-refractivity contribution in [2.45, 2.75) is 107 Å². The molecule has 9 atom stereocenters. The first kappa shape index (κ1) is 37.1. The predicted molar refractivity (Wildman–Crippen MR) is 158 cm³/mol. The van der Waals surface area contributed by atoms with E-state index in [2.05, 4.69) is 0 Å². The van der Waals surface area contributed by atoms with Crippen LogP contribution in [0.15, 0.2) is 42.0 Å². The van der Waals surface area contributed by atoms with E-state index in [4.69, 9.17) is 14.2 Å². The summed E-state index contributed by atoms with van der Waals surface area (Å²) in [5.41, 5.74) is -6.05. The van der Waals surface area contributed by atoms with Crippen LogP contribution in [0.1, 0.15) is 64.9 Å². The van der Waals surface area contributed by atoms with Gasteiger partial charge >= 0.3 is 23.9 Å². The maximum absolute atomic E-state index is 12.9. The summed E-state index contributed by atoms with van der Waals surface area (Å²) in [5, 5.41) is 73.5. The standard InChI is InChI=1S/C32H44O14/c1-4-18(2)10-11-22(34)16-23(35)44-25-24(36)30(13-12-21(17-33)15-19(3)14-20-8-6-5-7-9-20)45-26(27(37)38)31(43,28(39)40)32(25,46-30)29(41)42/h5-9,15,18-19,22,24-26,33-34,36,43H,4,10-14,16-17H2,1-3H3,(H,37,38)(H,39,40)(H,41,42)/b21-15-/t18?,19?,22?,24-,25-,26-,30+,31-,32+/m1/s1. The second kappa shape index (κ2) is 15.0. The Balaban J connectivity index is 1.97. The van der Waals surface area contributed by atoms with E-state index in [1.807, 2.05) is 51.1 Å². The smallest absolute Gasteiger partial charge is 0.344 e. The largest absolute Gasteiger partial charge is 0.479 e. The fourth-order valence-corrected chi connectivity index (χ4v) is 6.11. The number of aliphatic carboxylic acids is 3. The van der Waals surface area contributed by atoms with E-state index in [0.29, 0.717) is 18.4 Å². The predicted octanol–water partition coefficient (Wildman–Crippen LogP) is 1.26. The van der Waals surface area contributed by atoms with Crippen molar-refractivity contribution in [3.05, 3.63) is 47.5 Å². The fourth-order valence-electron chi connectivity index (χ4n) is 6.11. The zero-order chi connectivity index (χ0) is 34.4. The number of esters is 1. The van der Waals surface area contributed by atoms with Gasteiger partial charge in [0.2, 0.25) is 23.1 Å². The fraction of sp³-hybridized carbons (Fsp3) is 0.625. The van der Waals surface area contributed by atoms with Crippen LogP contribution in [0.3, 0.4) is 0 Å². The van der Waals surface area contributed by atoms with Crippen LogP contribution in [-0.2, 0) is 39.8 Å². The molecule has 0 aliphatic carbocycles. The van der Waals surface area contributed by atoms with Crippen molar-refractivity contribution in [1.82, 2.24) is 0 Å². The highest BCUT2D eigenvalue weighted by molar-refractivity contribution is 5.98. The maximum atomic E-state index is 12.9. The van der Waals surface area contributed by atoms with E-state index in [9.17, 15) is 54.9 Å². The number of benzene rings is 1. The van der Waals surface area contributed by atoms with Crippen LogP contribution in [0.25, 0.3) is 0 Å². The highest BCUT2D eigenvalue weighted by atomic mass is 16.8. The lowest BCUT2D eigenvalue weighted by molar-refractivity contribution is -0.374. The zero-order valence-electron chi connectivity index (χ0n) is 26.1. The third-order valence-corrected chi connectivity index (χ3v) is 8.87. The number of allylic oxidation sites excluding steroid dienone is 1. The number of aliphatic hydroxyl groups is 4. The lowest BCUT2D eigenvalue weighted by Crippen LogP contribution is -2.78. The first-order valence-electron chi connectivity index (χ1n) is 15.3. The number of fused-ring (bicyclic) bond motifs is 2. The van der Waals surface area contributed by atoms with Crippen molar-refractivity contribution in [3.63, 3.8) is 0 Å². The van der Waals surface area contributed by atoms with Crippen LogP contribution >= 0.6 is 0 Å². The summed E-state index contributed by atoms with van der Waals surface area (Å²) in [7, 11) is 0. The molecule has 2 saturated heterocycles. The summed E-state index contributed by atoms with van der Waals surface area (Å²) in [6.07, 6.45) is -6.29. The minimum absolute atomic E-state index is 0.105. The van der Waals surface area contributed by atoms with E-state index in [1.165, 1.54) is 0 Å². The molecule has 3 unspecified atom stereocenters. The van der Waals surface area contributed by atoms with Gasteiger partial charge in [-0.05, 0) is 48.7 Å². The molecule has 2 aliphatic heterocycles. The SMILES string of the molecule is CCC(C)CCC(O)CC(=O)O[C@@H]1[C@@H](O)[C@@]2(CC/C(=C/C(C)Cc3ccccc3)CO)O[C@H](C(=O)O)[C@@](O)(C(=O)O)[C@]1(C(=O)O)O2. The lowest BCUT2D eigenvalue weighted by Gasteiger charge is -2.48. The number of carbonyl (C=O) groups excluding carboxylic acids is 1. The molecule has 1 aromatic rings. The van der Waals surface area contributed by atoms with Gasteiger partial charge in [0.05, 0.1) is 19.1 Å². The zero-order valence-corrected chi connectivity index (χ0v) is 26.1. The molecule has 46 heavy (non-hydrogen) atoms. The molecule has 2 bridgehead atoms. The molecule has 3 rings (SSSR count). The van der Waals surface area contributed by atoms with Gasteiger partial charge in [0, 0.05) is 6.42 Å². The third-order valence-electron chi connectivity index (χ3n) is 8.87. The molecule has 0 saturated carbocycles. The molecule has 14 nitrogen and oxygen atoms in total. The molecular weight excluding hydrogens is 608 g/mol. The highest BCUT2D eigenvalue weighted by Gasteiger charge is 2.85. The lowest BCUT2D eigenvalue weighted by atomic mass is 9.74. The van der Waals surface area contributed by atoms with Gasteiger partial charge in [-0.2, -0.15) is 0 Å². The van der Waals surface area contributed by atoms with E-state index in [1.54, 1.807) is 6.08 Å². The molecule has 0 amide bonds. The Morgan fingerprint density at radius 3 is 2.24 bits per heavy atom. The quantitative estimate of drug-likeness (QED) is 0.0927. The van der Waals surface area contributed by atoms with E-state index in [-0.39, 0.29) is 24.7 Å². The van der Waals surface area contributed by atoms with Crippen LogP contribution in [0.5, 0.6) is 0 Å². The van der Waals surface area contributed by atoms with Crippen molar-refractivity contribution in [3.8, 4) is 0 Å². The summed E-state index contributed by atoms with van der Waals surface area (Å²) in [4.78, 5) is 50.5.